The van der Waals surface area contributed by atoms with Crippen molar-refractivity contribution in [1.29, 1.82) is 0 Å². The van der Waals surface area contributed by atoms with E-state index in [-0.39, 0.29) is 34.6 Å². The number of halogens is 4. The minimum absolute atomic E-state index is 0.0187. The van der Waals surface area contributed by atoms with Gasteiger partial charge in [0.2, 0.25) is 5.95 Å². The molecule has 11 heteroatoms. The number of ether oxygens (including phenoxy) is 2. The number of benzene rings is 1. The maximum absolute atomic E-state index is 13.1. The minimum atomic E-state index is -4.58. The Morgan fingerprint density at radius 1 is 1.39 bits per heavy atom. The summed E-state index contributed by atoms with van der Waals surface area (Å²) in [6.07, 6.45) is -3.85. The third-order valence-corrected chi connectivity index (χ3v) is 4.20. The number of amides is 1. The van der Waals surface area contributed by atoms with Gasteiger partial charge in [-0.05, 0) is 12.1 Å². The molecule has 1 fully saturated rings. The number of aliphatic hydroxyl groups is 1. The van der Waals surface area contributed by atoms with E-state index < -0.39 is 30.5 Å². The van der Waals surface area contributed by atoms with Crippen LogP contribution >= 0.6 is 11.6 Å². The highest BCUT2D eigenvalue weighted by atomic mass is 35.5. The van der Waals surface area contributed by atoms with Gasteiger partial charge in [-0.3, -0.25) is 0 Å². The van der Waals surface area contributed by atoms with Gasteiger partial charge in [-0.1, -0.05) is 24.2 Å². The van der Waals surface area contributed by atoms with Crippen LogP contribution in [0.25, 0.3) is 0 Å². The maximum atomic E-state index is 13.1. The van der Waals surface area contributed by atoms with E-state index >= 15 is 0 Å². The van der Waals surface area contributed by atoms with Gasteiger partial charge >= 0.3 is 12.3 Å². The van der Waals surface area contributed by atoms with Crippen LogP contribution in [-0.4, -0.2) is 33.8 Å². The Bertz CT molecular complexity index is 906. The molecule has 0 radical (unpaired) electrons. The van der Waals surface area contributed by atoms with Crippen LogP contribution in [-0.2, 0) is 17.5 Å². The molecule has 1 amide bonds. The summed E-state index contributed by atoms with van der Waals surface area (Å²) in [6.45, 7) is 2.82. The number of nitrogens with zero attached hydrogens (tertiary/aromatic N) is 3. The second kappa shape index (κ2) is 7.55. The summed E-state index contributed by atoms with van der Waals surface area (Å²) >= 11 is 5.87. The Balaban J connectivity index is 1.71. The molecule has 7 nitrogen and oxygen atoms in total. The van der Waals surface area contributed by atoms with Crippen LogP contribution in [0.15, 0.2) is 42.9 Å². The molecule has 1 aliphatic heterocycles. The lowest BCUT2D eigenvalue weighted by Gasteiger charge is -2.15. The number of anilines is 1. The van der Waals surface area contributed by atoms with Gasteiger partial charge in [0.05, 0.1) is 24.5 Å². The number of hydrogen-bond donors (Lipinski definition) is 1. The highest BCUT2D eigenvalue weighted by molar-refractivity contribution is 6.31. The second-order valence-electron chi connectivity index (χ2n) is 5.75. The monoisotopic (exact) mass is 415 g/mol. The van der Waals surface area contributed by atoms with E-state index in [4.69, 9.17) is 21.1 Å². The van der Waals surface area contributed by atoms with Crippen molar-refractivity contribution in [3.8, 4) is 5.75 Å². The van der Waals surface area contributed by atoms with E-state index in [0.717, 1.165) is 11.0 Å². The van der Waals surface area contributed by atoms with Crippen molar-refractivity contribution >= 4 is 23.6 Å². The van der Waals surface area contributed by atoms with Gasteiger partial charge in [-0.25, -0.2) is 19.7 Å². The number of cyclic esters (lactones) is 1. The summed E-state index contributed by atoms with van der Waals surface area (Å²) < 4.78 is 49.5. The number of carbonyl (C=O) groups excluding carboxylic acids is 1. The molecule has 2 aromatic rings. The predicted molar refractivity (Wildman–Crippen MR) is 92.2 cm³/mol. The Morgan fingerprint density at radius 3 is 2.64 bits per heavy atom. The Kier molecular flexibility index (Phi) is 5.32. The van der Waals surface area contributed by atoms with Crippen LogP contribution in [0.4, 0.5) is 23.9 Å². The van der Waals surface area contributed by atoms with Crippen LogP contribution in [0.3, 0.4) is 0 Å². The minimum Gasteiger partial charge on any atom is -0.509 e. The molecule has 1 aromatic heterocycles. The molecular formula is C17H13ClF3N3O4. The fraction of sp³-hybridized carbons (Fsp3) is 0.235. The number of carbonyl (C=O) groups is 1. The molecule has 1 atom stereocenters. The Morgan fingerprint density at radius 2 is 2.07 bits per heavy atom. The molecule has 0 spiro atoms. The normalized spacial score (nSPS) is 16.8. The van der Waals surface area contributed by atoms with E-state index in [2.05, 4.69) is 16.5 Å². The smallest absolute Gasteiger partial charge is 0.417 e. The molecule has 3 rings (SSSR count). The SMILES string of the molecule is C=C(O)[C@@H]1CN(c2ncc(OCc3c(Cl)cccc3C(F)(F)F)cn2)C(=O)O1. The van der Waals surface area contributed by atoms with E-state index in [0.29, 0.717) is 0 Å². The highest BCUT2D eigenvalue weighted by Crippen LogP contribution is 2.35. The lowest BCUT2D eigenvalue weighted by atomic mass is 10.1. The Labute approximate surface area is 162 Å². The number of rotatable bonds is 5. The third-order valence-electron chi connectivity index (χ3n) is 3.85. The summed E-state index contributed by atoms with van der Waals surface area (Å²) in [5.74, 6) is -0.252. The maximum Gasteiger partial charge on any atom is 0.417 e. The third kappa shape index (κ3) is 4.11. The van der Waals surface area contributed by atoms with Gasteiger partial charge in [-0.2, -0.15) is 13.2 Å². The van der Waals surface area contributed by atoms with Crippen molar-refractivity contribution in [2.45, 2.75) is 18.9 Å². The molecule has 0 saturated carbocycles. The van der Waals surface area contributed by atoms with E-state index in [1.165, 1.54) is 24.5 Å². The Hall–Kier alpha value is -3.01. The topological polar surface area (TPSA) is 84.8 Å². The zero-order valence-corrected chi connectivity index (χ0v) is 14.9. The van der Waals surface area contributed by atoms with Crippen molar-refractivity contribution in [2.75, 3.05) is 11.4 Å². The molecule has 148 valence electrons. The number of aromatic nitrogens is 2. The largest absolute Gasteiger partial charge is 0.509 e. The first kappa shape index (κ1) is 19.7. The van der Waals surface area contributed by atoms with Gasteiger partial charge in [0.15, 0.2) is 11.9 Å². The van der Waals surface area contributed by atoms with Gasteiger partial charge in [0.1, 0.15) is 12.4 Å². The van der Waals surface area contributed by atoms with Crippen molar-refractivity contribution in [3.63, 3.8) is 0 Å². The average Bonchev–Trinajstić information content (AvgIpc) is 3.02. The fourth-order valence-electron chi connectivity index (χ4n) is 2.45. The molecular weight excluding hydrogens is 403 g/mol. The molecule has 1 saturated heterocycles. The number of hydrogen-bond acceptors (Lipinski definition) is 6. The van der Waals surface area contributed by atoms with E-state index in [1.807, 2.05) is 0 Å². The highest BCUT2D eigenvalue weighted by Gasteiger charge is 2.36. The van der Waals surface area contributed by atoms with Crippen LogP contribution in [0.2, 0.25) is 5.02 Å². The van der Waals surface area contributed by atoms with Crippen molar-refractivity contribution in [3.05, 3.63) is 59.1 Å². The average molecular weight is 416 g/mol. The predicted octanol–water partition coefficient (Wildman–Crippen LogP) is 4.12. The van der Waals surface area contributed by atoms with Crippen LogP contribution in [0, 0.1) is 0 Å². The van der Waals surface area contributed by atoms with Crippen LogP contribution in [0.1, 0.15) is 11.1 Å². The van der Waals surface area contributed by atoms with Crippen molar-refractivity contribution < 1.29 is 32.5 Å². The molecule has 0 unspecified atom stereocenters. The molecule has 0 bridgehead atoms. The summed E-state index contributed by atoms with van der Waals surface area (Å²) in [5, 5.41) is 9.23. The second-order valence-corrected chi connectivity index (χ2v) is 6.15. The quantitative estimate of drug-likeness (QED) is 0.739. The van der Waals surface area contributed by atoms with Gasteiger partial charge in [0.25, 0.3) is 0 Å². The molecule has 1 N–H and O–H groups in total. The van der Waals surface area contributed by atoms with Gasteiger partial charge in [0, 0.05) is 10.6 Å². The van der Waals surface area contributed by atoms with E-state index in [1.54, 1.807) is 0 Å². The van der Waals surface area contributed by atoms with Crippen molar-refractivity contribution in [1.82, 2.24) is 9.97 Å². The van der Waals surface area contributed by atoms with Gasteiger partial charge < -0.3 is 14.6 Å². The molecule has 1 aromatic carbocycles. The summed E-state index contributed by atoms with van der Waals surface area (Å²) in [4.78, 5) is 20.7. The van der Waals surface area contributed by atoms with Crippen LogP contribution < -0.4 is 9.64 Å². The number of aliphatic hydroxyl groups excluding tert-OH is 1. The van der Waals surface area contributed by atoms with Crippen molar-refractivity contribution in [2.24, 2.45) is 0 Å². The summed E-state index contributed by atoms with van der Waals surface area (Å²) in [5.41, 5.74) is -1.11. The molecule has 28 heavy (non-hydrogen) atoms. The summed E-state index contributed by atoms with van der Waals surface area (Å²) in [6, 6.07) is 3.45. The molecule has 1 aliphatic rings. The molecule has 2 heterocycles. The zero-order valence-electron chi connectivity index (χ0n) is 14.1. The zero-order chi connectivity index (χ0) is 20.5. The van der Waals surface area contributed by atoms with Crippen LogP contribution in [0.5, 0.6) is 5.75 Å². The summed E-state index contributed by atoms with van der Waals surface area (Å²) in [7, 11) is 0. The number of alkyl halides is 3. The first-order valence-electron chi connectivity index (χ1n) is 7.82. The lowest BCUT2D eigenvalue weighted by Crippen LogP contribution is -2.26. The van der Waals surface area contributed by atoms with E-state index in [9.17, 15) is 23.1 Å². The fourth-order valence-corrected chi connectivity index (χ4v) is 2.68. The molecule has 0 aliphatic carbocycles. The lowest BCUT2D eigenvalue weighted by molar-refractivity contribution is -0.138. The standard InChI is InChI=1S/C17H13ClF3N3O4/c1-9(25)14-7-24(16(26)28-14)15-22-5-10(6-23-15)27-8-11-12(17(19,20)21)3-2-4-13(11)18/h2-6,14,25H,1,7-8H2/t14-/m0/s1. The van der Waals surface area contributed by atoms with Gasteiger partial charge in [-0.15, -0.1) is 0 Å². The first-order chi connectivity index (χ1) is 13.2. The first-order valence-corrected chi connectivity index (χ1v) is 8.20.